The summed E-state index contributed by atoms with van der Waals surface area (Å²) in [5.74, 6) is 0.235. The number of hydrogen-bond donors (Lipinski definition) is 1. The Morgan fingerprint density at radius 3 is 2.93 bits per heavy atom. The van der Waals surface area contributed by atoms with Gasteiger partial charge in [-0.15, -0.1) is 6.58 Å². The predicted octanol–water partition coefficient (Wildman–Crippen LogP) is 1.95. The molecule has 0 fully saturated rings. The van der Waals surface area contributed by atoms with Crippen LogP contribution in [0.2, 0.25) is 0 Å². The topological polar surface area (TPSA) is 89.5 Å². The van der Waals surface area contributed by atoms with Crippen LogP contribution in [0.4, 0.5) is 4.79 Å². The molecule has 146 valence electrons. The van der Waals surface area contributed by atoms with E-state index in [1.807, 2.05) is 24.3 Å². The highest BCUT2D eigenvalue weighted by atomic mass is 16.6. The average Bonchev–Trinajstić information content (AvgIpc) is 3.14. The third-order valence-electron chi connectivity index (χ3n) is 3.90. The molecule has 27 heavy (non-hydrogen) atoms. The van der Waals surface area contributed by atoms with Gasteiger partial charge in [0.05, 0.1) is 26.0 Å². The number of amides is 2. The summed E-state index contributed by atoms with van der Waals surface area (Å²) in [7, 11) is 1.60. The van der Waals surface area contributed by atoms with E-state index in [2.05, 4.69) is 17.1 Å². The Morgan fingerprint density at radius 1 is 1.44 bits per heavy atom. The largest absolute Gasteiger partial charge is 0.496 e. The van der Waals surface area contributed by atoms with Crippen LogP contribution in [0.5, 0.6) is 5.75 Å². The van der Waals surface area contributed by atoms with Crippen molar-refractivity contribution in [2.75, 3.05) is 33.4 Å². The summed E-state index contributed by atoms with van der Waals surface area (Å²) in [4.78, 5) is 30.7. The number of carbonyl (C=O) groups excluding carboxylic acids is 2. The summed E-state index contributed by atoms with van der Waals surface area (Å²) in [6, 6.07) is 7.17. The molecule has 1 aromatic carbocycles. The summed E-state index contributed by atoms with van der Waals surface area (Å²) in [6.07, 6.45) is 1.86. The normalized spacial score (nSPS) is 15.3. The molecule has 1 aromatic rings. The molecule has 0 aromatic heterocycles. The lowest BCUT2D eigenvalue weighted by Gasteiger charge is -2.23. The number of methoxy groups -OCH3 is 1. The number of urea groups is 1. The van der Waals surface area contributed by atoms with Crippen LogP contribution in [0.15, 0.2) is 42.1 Å². The number of nitrogens with zero attached hydrogens (tertiary/aromatic N) is 2. The summed E-state index contributed by atoms with van der Waals surface area (Å²) in [5.41, 5.74) is 1.63. The number of esters is 1. The number of carbonyl (C=O) groups is 2. The second-order valence-electron chi connectivity index (χ2n) is 5.83. The Balaban J connectivity index is 1.93. The standard InChI is InChI=1S/C19H25N3O5/c1-4-10-22(19(24)20-12-18(23)26-5-2)13-14-11-16(21-27-14)15-8-6-7-9-17(15)25-3/h4,6-9,14H,1,5,10-13H2,2-3H3,(H,20,24)/t14-/m1/s1. The molecule has 0 saturated carbocycles. The Kier molecular flexibility index (Phi) is 7.66. The van der Waals surface area contributed by atoms with Crippen molar-refractivity contribution >= 4 is 17.7 Å². The first-order valence-electron chi connectivity index (χ1n) is 8.74. The van der Waals surface area contributed by atoms with Crippen molar-refractivity contribution in [3.8, 4) is 5.75 Å². The molecule has 0 bridgehead atoms. The van der Waals surface area contributed by atoms with Gasteiger partial charge in [0, 0.05) is 18.5 Å². The van der Waals surface area contributed by atoms with Crippen molar-refractivity contribution < 1.29 is 23.9 Å². The highest BCUT2D eigenvalue weighted by Crippen LogP contribution is 2.24. The number of rotatable bonds is 9. The SMILES string of the molecule is C=CCN(C[C@H]1CC(c2ccccc2OC)=NO1)C(=O)NCC(=O)OCC. The molecule has 0 spiro atoms. The molecule has 1 aliphatic rings. The predicted molar refractivity (Wildman–Crippen MR) is 101 cm³/mol. The van der Waals surface area contributed by atoms with Gasteiger partial charge in [-0.3, -0.25) is 4.79 Å². The lowest BCUT2D eigenvalue weighted by molar-refractivity contribution is -0.141. The fourth-order valence-electron chi connectivity index (χ4n) is 2.68. The molecule has 1 N–H and O–H groups in total. The van der Waals surface area contributed by atoms with E-state index in [1.54, 1.807) is 20.1 Å². The van der Waals surface area contributed by atoms with Gasteiger partial charge >= 0.3 is 12.0 Å². The molecule has 0 saturated heterocycles. The van der Waals surface area contributed by atoms with Crippen LogP contribution in [0.3, 0.4) is 0 Å². The average molecular weight is 375 g/mol. The van der Waals surface area contributed by atoms with Gasteiger partial charge in [-0.05, 0) is 19.1 Å². The van der Waals surface area contributed by atoms with Crippen molar-refractivity contribution in [2.45, 2.75) is 19.4 Å². The van der Waals surface area contributed by atoms with Crippen LogP contribution < -0.4 is 10.1 Å². The van der Waals surface area contributed by atoms with E-state index in [0.717, 1.165) is 17.0 Å². The zero-order valence-corrected chi connectivity index (χ0v) is 15.6. The van der Waals surface area contributed by atoms with Crippen molar-refractivity contribution in [1.82, 2.24) is 10.2 Å². The number of ether oxygens (including phenoxy) is 2. The smallest absolute Gasteiger partial charge is 0.325 e. The van der Waals surface area contributed by atoms with Crippen molar-refractivity contribution in [2.24, 2.45) is 5.16 Å². The maximum Gasteiger partial charge on any atom is 0.325 e. The molecular weight excluding hydrogens is 350 g/mol. The van der Waals surface area contributed by atoms with E-state index in [0.29, 0.717) is 19.5 Å². The third-order valence-corrected chi connectivity index (χ3v) is 3.90. The molecule has 1 heterocycles. The van der Waals surface area contributed by atoms with E-state index in [1.165, 1.54) is 4.90 Å². The molecule has 8 nitrogen and oxygen atoms in total. The van der Waals surface area contributed by atoms with Crippen LogP contribution in [-0.2, 0) is 14.4 Å². The fraction of sp³-hybridized carbons (Fsp3) is 0.421. The first kappa shape index (κ1) is 20.3. The first-order chi connectivity index (χ1) is 13.1. The highest BCUT2D eigenvalue weighted by molar-refractivity contribution is 6.03. The number of hydrogen-bond acceptors (Lipinski definition) is 6. The number of para-hydroxylation sites is 1. The van der Waals surface area contributed by atoms with Gasteiger partial charge in [0.25, 0.3) is 0 Å². The van der Waals surface area contributed by atoms with Crippen LogP contribution >= 0.6 is 0 Å². The Morgan fingerprint density at radius 2 is 2.22 bits per heavy atom. The van der Waals surface area contributed by atoms with Crippen LogP contribution in [0.1, 0.15) is 18.9 Å². The van der Waals surface area contributed by atoms with Crippen molar-refractivity contribution in [3.63, 3.8) is 0 Å². The Hall–Kier alpha value is -3.03. The second-order valence-corrected chi connectivity index (χ2v) is 5.83. The van der Waals surface area contributed by atoms with Gasteiger partial charge in [0.2, 0.25) is 0 Å². The maximum absolute atomic E-state index is 12.3. The van der Waals surface area contributed by atoms with Gasteiger partial charge in [-0.25, -0.2) is 4.79 Å². The minimum Gasteiger partial charge on any atom is -0.496 e. The van der Waals surface area contributed by atoms with E-state index in [-0.39, 0.29) is 19.3 Å². The molecule has 1 atom stereocenters. The third kappa shape index (κ3) is 5.73. The molecular formula is C19H25N3O5. The lowest BCUT2D eigenvalue weighted by atomic mass is 10.0. The van der Waals surface area contributed by atoms with Crippen LogP contribution in [0, 0.1) is 0 Å². The number of benzene rings is 1. The minimum atomic E-state index is -0.483. The molecule has 1 aliphatic heterocycles. The quantitative estimate of drug-likeness (QED) is 0.526. The zero-order chi connectivity index (χ0) is 19.6. The molecule has 2 amide bonds. The van der Waals surface area contributed by atoms with E-state index >= 15 is 0 Å². The molecule has 8 heteroatoms. The minimum absolute atomic E-state index is 0.186. The van der Waals surface area contributed by atoms with E-state index in [9.17, 15) is 9.59 Å². The summed E-state index contributed by atoms with van der Waals surface area (Å²) in [5, 5.41) is 6.68. The number of nitrogens with one attached hydrogen (secondary N) is 1. The lowest BCUT2D eigenvalue weighted by Crippen LogP contribution is -2.45. The first-order valence-corrected chi connectivity index (χ1v) is 8.74. The van der Waals surface area contributed by atoms with Crippen LogP contribution in [0.25, 0.3) is 0 Å². The number of oxime groups is 1. The molecule has 2 rings (SSSR count). The Bertz CT molecular complexity index is 704. The highest BCUT2D eigenvalue weighted by Gasteiger charge is 2.27. The van der Waals surface area contributed by atoms with Gasteiger partial charge in [-0.2, -0.15) is 0 Å². The van der Waals surface area contributed by atoms with Crippen LogP contribution in [-0.4, -0.2) is 62.1 Å². The van der Waals surface area contributed by atoms with Crippen molar-refractivity contribution in [3.05, 3.63) is 42.5 Å². The van der Waals surface area contributed by atoms with Crippen molar-refractivity contribution in [1.29, 1.82) is 0 Å². The van der Waals surface area contributed by atoms with E-state index < -0.39 is 12.0 Å². The molecule has 0 radical (unpaired) electrons. The van der Waals surface area contributed by atoms with E-state index in [4.69, 9.17) is 14.3 Å². The van der Waals surface area contributed by atoms with Gasteiger partial charge in [-0.1, -0.05) is 23.4 Å². The Labute approximate surface area is 158 Å². The molecule has 0 unspecified atom stereocenters. The summed E-state index contributed by atoms with van der Waals surface area (Å²) < 4.78 is 10.2. The molecule has 0 aliphatic carbocycles. The fourth-order valence-corrected chi connectivity index (χ4v) is 2.68. The maximum atomic E-state index is 12.3. The summed E-state index contributed by atoms with van der Waals surface area (Å²) >= 11 is 0. The van der Waals surface area contributed by atoms with Gasteiger partial charge in [0.1, 0.15) is 12.3 Å². The summed E-state index contributed by atoms with van der Waals surface area (Å²) in [6.45, 7) is 6.09. The van der Waals surface area contributed by atoms with Gasteiger partial charge in [0.15, 0.2) is 6.10 Å². The van der Waals surface area contributed by atoms with Gasteiger partial charge < -0.3 is 24.5 Å². The monoisotopic (exact) mass is 375 g/mol. The second kappa shape index (κ2) is 10.2. The zero-order valence-electron chi connectivity index (χ0n) is 15.6.